The monoisotopic (exact) mass is 385 g/mol. The fourth-order valence-corrected chi connectivity index (χ4v) is 3.03. The molecule has 0 spiro atoms. The molecule has 0 unspecified atom stereocenters. The number of rotatable bonds is 5. The van der Waals surface area contributed by atoms with Crippen LogP contribution in [0.3, 0.4) is 0 Å². The zero-order chi connectivity index (χ0) is 19.4. The molecular weight excluding hydrogens is 366 g/mol. The third kappa shape index (κ3) is 4.62. The van der Waals surface area contributed by atoms with E-state index in [9.17, 15) is 9.59 Å². The van der Waals surface area contributed by atoms with Gasteiger partial charge in [0.2, 0.25) is 11.9 Å². The Morgan fingerprint density at radius 1 is 1.33 bits per heavy atom. The maximum atomic E-state index is 12.8. The van der Waals surface area contributed by atoms with Gasteiger partial charge in [-0.15, -0.1) is 0 Å². The highest BCUT2D eigenvalue weighted by atomic mass is 35.5. The van der Waals surface area contributed by atoms with Crippen molar-refractivity contribution in [1.82, 2.24) is 14.9 Å². The topological polar surface area (TPSA) is 87.2 Å². The molecule has 7 nitrogen and oxygen atoms in total. The quantitative estimate of drug-likeness (QED) is 0.773. The van der Waals surface area contributed by atoms with E-state index in [1.807, 2.05) is 6.92 Å². The van der Waals surface area contributed by atoms with Crippen molar-refractivity contribution in [3.8, 4) is 0 Å². The van der Waals surface area contributed by atoms with Gasteiger partial charge in [0.15, 0.2) is 0 Å². The number of amides is 2. The molecule has 3 rings (SSSR count). The minimum atomic E-state index is -0.282. The van der Waals surface area contributed by atoms with Crippen molar-refractivity contribution in [2.24, 2.45) is 0 Å². The number of hydrogen-bond donors (Lipinski definition) is 2. The number of nitrogens with one attached hydrogen (secondary N) is 2. The molecule has 0 saturated carbocycles. The highest BCUT2D eigenvalue weighted by molar-refractivity contribution is 6.30. The van der Waals surface area contributed by atoms with E-state index in [0.29, 0.717) is 35.3 Å². The van der Waals surface area contributed by atoms with Crippen molar-refractivity contribution in [3.05, 3.63) is 59.4 Å². The number of halogens is 1. The first-order valence-electron chi connectivity index (χ1n) is 8.53. The number of anilines is 2. The number of aryl methyl sites for hydroxylation is 1. The number of carbonyl (C=O) groups is 2. The maximum Gasteiger partial charge on any atom is 0.253 e. The Morgan fingerprint density at radius 2 is 2.07 bits per heavy atom. The Hall–Kier alpha value is -2.93. The van der Waals surface area contributed by atoms with Gasteiger partial charge in [0.05, 0.1) is 17.4 Å². The van der Waals surface area contributed by atoms with Crippen LogP contribution >= 0.6 is 11.6 Å². The van der Waals surface area contributed by atoms with Crippen LogP contribution < -0.4 is 10.6 Å². The van der Waals surface area contributed by atoms with Crippen molar-refractivity contribution in [2.45, 2.75) is 19.4 Å². The van der Waals surface area contributed by atoms with Crippen LogP contribution in [-0.4, -0.2) is 45.8 Å². The van der Waals surface area contributed by atoms with E-state index in [2.05, 4.69) is 27.2 Å². The second-order valence-electron chi connectivity index (χ2n) is 6.33. The minimum Gasteiger partial charge on any atom is -0.350 e. The van der Waals surface area contributed by atoms with E-state index in [-0.39, 0.29) is 17.9 Å². The SMILES string of the molecule is C=CC(=O)Nc1ccc(C(=O)N2CC[C@@H](Nc3ncc(Cl)cn3)C2)cc1C. The Bertz CT molecular complexity index is 869. The Labute approximate surface area is 162 Å². The molecule has 1 aliphatic heterocycles. The number of likely N-dealkylation sites (tertiary alicyclic amines) is 1. The summed E-state index contributed by atoms with van der Waals surface area (Å²) < 4.78 is 0. The van der Waals surface area contributed by atoms with Gasteiger partial charge in [0.25, 0.3) is 5.91 Å². The Balaban J connectivity index is 1.62. The lowest BCUT2D eigenvalue weighted by Crippen LogP contribution is -2.32. The highest BCUT2D eigenvalue weighted by Crippen LogP contribution is 2.21. The van der Waals surface area contributed by atoms with Crippen LogP contribution in [0.2, 0.25) is 5.02 Å². The molecule has 2 aromatic rings. The van der Waals surface area contributed by atoms with Crippen LogP contribution in [0.5, 0.6) is 0 Å². The first-order valence-corrected chi connectivity index (χ1v) is 8.91. The number of nitrogens with zero attached hydrogens (tertiary/aromatic N) is 3. The number of carbonyl (C=O) groups excluding carboxylic acids is 2. The Kier molecular flexibility index (Phi) is 5.71. The predicted molar refractivity (Wildman–Crippen MR) is 105 cm³/mol. The minimum absolute atomic E-state index is 0.0407. The first-order chi connectivity index (χ1) is 13.0. The lowest BCUT2D eigenvalue weighted by Gasteiger charge is -2.18. The summed E-state index contributed by atoms with van der Waals surface area (Å²) in [7, 11) is 0. The average molecular weight is 386 g/mol. The summed E-state index contributed by atoms with van der Waals surface area (Å²) in [5.74, 6) is 0.174. The summed E-state index contributed by atoms with van der Waals surface area (Å²) in [4.78, 5) is 34.3. The van der Waals surface area contributed by atoms with Gasteiger partial charge in [-0.1, -0.05) is 18.2 Å². The van der Waals surface area contributed by atoms with Crippen molar-refractivity contribution < 1.29 is 9.59 Å². The van der Waals surface area contributed by atoms with Crippen LogP contribution in [-0.2, 0) is 4.79 Å². The van der Waals surface area contributed by atoms with E-state index in [4.69, 9.17) is 11.6 Å². The van der Waals surface area contributed by atoms with Crippen molar-refractivity contribution in [3.63, 3.8) is 0 Å². The second-order valence-corrected chi connectivity index (χ2v) is 6.77. The zero-order valence-corrected chi connectivity index (χ0v) is 15.7. The van der Waals surface area contributed by atoms with Gasteiger partial charge in [-0.05, 0) is 43.2 Å². The van der Waals surface area contributed by atoms with E-state index in [0.717, 1.165) is 12.0 Å². The molecule has 140 valence electrons. The largest absolute Gasteiger partial charge is 0.350 e. The first kappa shape index (κ1) is 18.8. The number of benzene rings is 1. The second kappa shape index (κ2) is 8.18. The molecule has 2 N–H and O–H groups in total. The van der Waals surface area contributed by atoms with Gasteiger partial charge >= 0.3 is 0 Å². The molecule has 1 atom stereocenters. The molecule has 1 aromatic heterocycles. The average Bonchev–Trinajstić information content (AvgIpc) is 3.13. The van der Waals surface area contributed by atoms with Crippen LogP contribution in [0.1, 0.15) is 22.3 Å². The molecule has 0 radical (unpaired) electrons. The molecule has 1 aliphatic rings. The normalized spacial score (nSPS) is 16.1. The lowest BCUT2D eigenvalue weighted by molar-refractivity contribution is -0.111. The summed E-state index contributed by atoms with van der Waals surface area (Å²) in [5, 5.41) is 6.42. The summed E-state index contributed by atoms with van der Waals surface area (Å²) in [6.07, 6.45) is 5.08. The molecule has 2 amide bonds. The molecule has 2 heterocycles. The van der Waals surface area contributed by atoms with Crippen LogP contribution in [0.4, 0.5) is 11.6 Å². The molecule has 1 fully saturated rings. The van der Waals surface area contributed by atoms with Crippen LogP contribution in [0.25, 0.3) is 0 Å². The molecule has 1 aromatic carbocycles. The molecule has 0 bridgehead atoms. The van der Waals surface area contributed by atoms with Crippen LogP contribution in [0, 0.1) is 6.92 Å². The lowest BCUT2D eigenvalue weighted by atomic mass is 10.1. The van der Waals surface area contributed by atoms with E-state index >= 15 is 0 Å². The Morgan fingerprint density at radius 3 is 2.74 bits per heavy atom. The van der Waals surface area contributed by atoms with Gasteiger partial charge < -0.3 is 15.5 Å². The van der Waals surface area contributed by atoms with Gasteiger partial charge in [-0.25, -0.2) is 9.97 Å². The van der Waals surface area contributed by atoms with Crippen molar-refractivity contribution in [2.75, 3.05) is 23.7 Å². The number of hydrogen-bond acceptors (Lipinski definition) is 5. The number of aromatic nitrogens is 2. The maximum absolute atomic E-state index is 12.8. The molecular formula is C19H20ClN5O2. The van der Waals surface area contributed by atoms with Gasteiger partial charge in [-0.2, -0.15) is 0 Å². The summed E-state index contributed by atoms with van der Waals surface area (Å²) in [6, 6.07) is 5.32. The fourth-order valence-electron chi connectivity index (χ4n) is 2.94. The third-order valence-corrected chi connectivity index (χ3v) is 4.54. The van der Waals surface area contributed by atoms with E-state index in [1.165, 1.54) is 18.5 Å². The zero-order valence-electron chi connectivity index (χ0n) is 14.9. The standard InChI is InChI=1S/C19H20ClN5O2/c1-3-17(26)24-16-5-4-13(8-12(16)2)18(27)25-7-6-15(11-25)23-19-21-9-14(20)10-22-19/h3-5,8-10,15H,1,6-7,11H2,2H3,(H,24,26)(H,21,22,23)/t15-/m1/s1. The van der Waals surface area contributed by atoms with Crippen LogP contribution in [0.15, 0.2) is 43.2 Å². The van der Waals surface area contributed by atoms with Gasteiger partial charge in [-0.3, -0.25) is 9.59 Å². The molecule has 1 saturated heterocycles. The molecule has 8 heteroatoms. The third-order valence-electron chi connectivity index (χ3n) is 4.35. The van der Waals surface area contributed by atoms with Crippen molar-refractivity contribution >= 4 is 35.1 Å². The molecule has 27 heavy (non-hydrogen) atoms. The summed E-state index contributed by atoms with van der Waals surface area (Å²) in [6.45, 7) is 6.50. The van der Waals surface area contributed by atoms with Gasteiger partial charge in [0.1, 0.15) is 0 Å². The highest BCUT2D eigenvalue weighted by Gasteiger charge is 2.27. The van der Waals surface area contributed by atoms with Crippen molar-refractivity contribution in [1.29, 1.82) is 0 Å². The fraction of sp³-hybridized carbons (Fsp3) is 0.263. The predicted octanol–water partition coefficient (Wildman–Crippen LogP) is 2.89. The molecule has 0 aliphatic carbocycles. The van der Waals surface area contributed by atoms with E-state index < -0.39 is 0 Å². The van der Waals surface area contributed by atoms with E-state index in [1.54, 1.807) is 23.1 Å². The van der Waals surface area contributed by atoms with Gasteiger partial charge in [0, 0.05) is 30.4 Å². The summed E-state index contributed by atoms with van der Waals surface area (Å²) >= 11 is 5.79. The smallest absolute Gasteiger partial charge is 0.253 e. The summed E-state index contributed by atoms with van der Waals surface area (Å²) in [5.41, 5.74) is 2.07.